The van der Waals surface area contributed by atoms with Crippen molar-refractivity contribution in [3.8, 4) is 0 Å². The van der Waals surface area contributed by atoms with Crippen LogP contribution in [0.4, 0.5) is 4.39 Å². The lowest BCUT2D eigenvalue weighted by atomic mass is 9.97. The SMILES string of the molecule is Cc1c2cnn(CC(=O)NCCCN3[C@H](C)CCC[C@@H]3C)c(=O)c2c(C)n1Cc1ccc(F)cc1. The van der Waals surface area contributed by atoms with Crippen LogP contribution in [0.3, 0.4) is 0 Å². The minimum absolute atomic E-state index is 0.104. The highest BCUT2D eigenvalue weighted by Crippen LogP contribution is 2.24. The molecule has 188 valence electrons. The highest BCUT2D eigenvalue weighted by atomic mass is 19.1. The summed E-state index contributed by atoms with van der Waals surface area (Å²) in [7, 11) is 0. The molecule has 0 bridgehead atoms. The first-order chi connectivity index (χ1) is 16.8. The Morgan fingerprint density at radius 2 is 1.80 bits per heavy atom. The summed E-state index contributed by atoms with van der Waals surface area (Å²) in [6.07, 6.45) is 6.30. The molecule has 1 aromatic carbocycles. The van der Waals surface area contributed by atoms with E-state index >= 15 is 0 Å². The number of fused-ring (bicyclic) bond motifs is 1. The van der Waals surface area contributed by atoms with E-state index in [2.05, 4.69) is 29.2 Å². The van der Waals surface area contributed by atoms with E-state index in [0.717, 1.165) is 35.3 Å². The number of carbonyl (C=O) groups is 1. The van der Waals surface area contributed by atoms with Gasteiger partial charge in [0.1, 0.15) is 12.4 Å². The number of rotatable bonds is 8. The third-order valence-corrected chi connectivity index (χ3v) is 7.44. The van der Waals surface area contributed by atoms with Gasteiger partial charge in [0.15, 0.2) is 0 Å². The van der Waals surface area contributed by atoms with Crippen LogP contribution in [0, 0.1) is 19.7 Å². The molecular weight excluding hydrogens is 445 g/mol. The lowest BCUT2D eigenvalue weighted by Gasteiger charge is -2.39. The van der Waals surface area contributed by atoms with Gasteiger partial charge in [0, 0.05) is 48.5 Å². The van der Waals surface area contributed by atoms with Gasteiger partial charge >= 0.3 is 0 Å². The normalized spacial score (nSPS) is 18.8. The number of amides is 1. The molecule has 8 heteroatoms. The van der Waals surface area contributed by atoms with Crippen LogP contribution in [0.5, 0.6) is 0 Å². The fraction of sp³-hybridized carbons (Fsp3) is 0.519. The van der Waals surface area contributed by atoms with Crippen molar-refractivity contribution >= 4 is 16.7 Å². The molecule has 4 rings (SSSR count). The number of halogens is 1. The summed E-state index contributed by atoms with van der Waals surface area (Å²) in [4.78, 5) is 28.3. The fourth-order valence-corrected chi connectivity index (χ4v) is 5.36. The molecule has 0 unspecified atom stereocenters. The van der Waals surface area contributed by atoms with Crippen LogP contribution >= 0.6 is 0 Å². The van der Waals surface area contributed by atoms with E-state index in [4.69, 9.17) is 0 Å². The number of hydrogen-bond acceptors (Lipinski definition) is 4. The van der Waals surface area contributed by atoms with Gasteiger partial charge in [-0.15, -0.1) is 0 Å². The zero-order valence-corrected chi connectivity index (χ0v) is 21.2. The number of aromatic nitrogens is 3. The number of carbonyl (C=O) groups excluding carboxylic acids is 1. The standard InChI is InChI=1S/C27H36FN5O2/c1-18-7-5-8-19(2)31(18)14-6-13-29-25(34)17-33-27(35)26-21(4)32(20(3)24(26)15-30-33)16-22-9-11-23(28)12-10-22/h9-12,15,18-19H,5-8,13-14,16-17H2,1-4H3,(H,29,34)/t18-,19+. The molecule has 1 saturated heterocycles. The Kier molecular flexibility index (Phi) is 7.69. The summed E-state index contributed by atoms with van der Waals surface area (Å²) >= 11 is 0. The van der Waals surface area contributed by atoms with Gasteiger partial charge in [-0.2, -0.15) is 5.10 Å². The molecule has 3 heterocycles. The van der Waals surface area contributed by atoms with E-state index < -0.39 is 0 Å². The number of benzene rings is 1. The lowest BCUT2D eigenvalue weighted by Crippen LogP contribution is -2.45. The van der Waals surface area contributed by atoms with Gasteiger partial charge < -0.3 is 9.88 Å². The quantitative estimate of drug-likeness (QED) is 0.497. The predicted molar refractivity (Wildman–Crippen MR) is 136 cm³/mol. The topological polar surface area (TPSA) is 72.2 Å². The first-order valence-corrected chi connectivity index (χ1v) is 12.6. The second kappa shape index (κ2) is 10.7. The van der Waals surface area contributed by atoms with Crippen molar-refractivity contribution < 1.29 is 9.18 Å². The maximum atomic E-state index is 13.3. The summed E-state index contributed by atoms with van der Waals surface area (Å²) in [5.74, 6) is -0.486. The molecule has 2 aromatic heterocycles. The smallest absolute Gasteiger partial charge is 0.276 e. The molecular formula is C27H36FN5O2. The molecule has 3 aromatic rings. The van der Waals surface area contributed by atoms with E-state index in [1.807, 2.05) is 18.4 Å². The first kappa shape index (κ1) is 25.1. The molecule has 0 aliphatic carbocycles. The summed E-state index contributed by atoms with van der Waals surface area (Å²) < 4.78 is 16.5. The van der Waals surface area contributed by atoms with Gasteiger partial charge in [-0.05, 0) is 64.7 Å². The van der Waals surface area contributed by atoms with Gasteiger partial charge in [-0.25, -0.2) is 9.07 Å². The average molecular weight is 482 g/mol. The fourth-order valence-electron chi connectivity index (χ4n) is 5.36. The van der Waals surface area contributed by atoms with E-state index in [1.54, 1.807) is 18.3 Å². The van der Waals surface area contributed by atoms with E-state index in [-0.39, 0.29) is 23.8 Å². The van der Waals surface area contributed by atoms with Crippen LogP contribution in [0.1, 0.15) is 56.5 Å². The monoisotopic (exact) mass is 481 g/mol. The summed E-state index contributed by atoms with van der Waals surface area (Å²) in [5.41, 5.74) is 2.41. The van der Waals surface area contributed by atoms with Gasteiger partial charge in [0.05, 0.1) is 11.6 Å². The van der Waals surface area contributed by atoms with E-state index in [0.29, 0.717) is 30.6 Å². The Bertz CT molecular complexity index is 1240. The van der Waals surface area contributed by atoms with Gasteiger partial charge in [-0.3, -0.25) is 14.5 Å². The minimum atomic E-state index is -0.277. The van der Waals surface area contributed by atoms with Crippen molar-refractivity contribution in [2.24, 2.45) is 0 Å². The van der Waals surface area contributed by atoms with Crippen LogP contribution in [0.25, 0.3) is 10.8 Å². The van der Waals surface area contributed by atoms with Crippen molar-refractivity contribution in [3.05, 3.63) is 63.6 Å². The molecule has 0 spiro atoms. The van der Waals surface area contributed by atoms with Crippen molar-refractivity contribution in [1.82, 2.24) is 24.6 Å². The third kappa shape index (κ3) is 5.48. The predicted octanol–water partition coefficient (Wildman–Crippen LogP) is 3.77. The highest BCUT2D eigenvalue weighted by Gasteiger charge is 2.24. The Labute approximate surface area is 205 Å². The minimum Gasteiger partial charge on any atom is -0.354 e. The largest absolute Gasteiger partial charge is 0.354 e. The van der Waals surface area contributed by atoms with Crippen LogP contribution in [-0.2, 0) is 17.9 Å². The molecule has 1 N–H and O–H groups in total. The van der Waals surface area contributed by atoms with Crippen molar-refractivity contribution in [1.29, 1.82) is 0 Å². The van der Waals surface area contributed by atoms with Crippen LogP contribution in [-0.4, -0.2) is 50.3 Å². The number of aryl methyl sites for hydroxylation is 2. The zero-order chi connectivity index (χ0) is 25.1. The second-order valence-corrected chi connectivity index (χ2v) is 9.85. The Balaban J connectivity index is 1.41. The maximum absolute atomic E-state index is 13.3. The Morgan fingerprint density at radius 3 is 2.49 bits per heavy atom. The van der Waals surface area contributed by atoms with Gasteiger partial charge in [0.25, 0.3) is 5.56 Å². The molecule has 0 radical (unpaired) electrons. The lowest BCUT2D eigenvalue weighted by molar-refractivity contribution is -0.121. The van der Waals surface area contributed by atoms with Crippen molar-refractivity contribution in [2.75, 3.05) is 13.1 Å². The molecule has 0 saturated carbocycles. The molecule has 7 nitrogen and oxygen atoms in total. The maximum Gasteiger partial charge on any atom is 0.276 e. The molecule has 1 aliphatic heterocycles. The molecule has 1 amide bonds. The average Bonchev–Trinajstić information content (AvgIpc) is 3.06. The Morgan fingerprint density at radius 1 is 1.11 bits per heavy atom. The third-order valence-electron chi connectivity index (χ3n) is 7.44. The molecule has 35 heavy (non-hydrogen) atoms. The summed E-state index contributed by atoms with van der Waals surface area (Å²) in [6.45, 7) is 10.4. The van der Waals surface area contributed by atoms with Crippen molar-refractivity contribution in [3.63, 3.8) is 0 Å². The second-order valence-electron chi connectivity index (χ2n) is 9.85. The van der Waals surface area contributed by atoms with Gasteiger partial charge in [0.2, 0.25) is 5.91 Å². The van der Waals surface area contributed by atoms with Crippen LogP contribution in [0.2, 0.25) is 0 Å². The zero-order valence-electron chi connectivity index (χ0n) is 21.2. The van der Waals surface area contributed by atoms with Gasteiger partial charge in [-0.1, -0.05) is 18.6 Å². The van der Waals surface area contributed by atoms with E-state index in [9.17, 15) is 14.0 Å². The van der Waals surface area contributed by atoms with Crippen LogP contribution in [0.15, 0.2) is 35.3 Å². The van der Waals surface area contributed by atoms with E-state index in [1.165, 1.54) is 36.1 Å². The van der Waals surface area contributed by atoms with Crippen LogP contribution < -0.4 is 10.9 Å². The molecule has 1 aliphatic rings. The summed E-state index contributed by atoms with van der Waals surface area (Å²) in [5, 5.41) is 8.56. The number of nitrogens with zero attached hydrogens (tertiary/aromatic N) is 4. The molecule has 1 fully saturated rings. The first-order valence-electron chi connectivity index (χ1n) is 12.6. The number of nitrogens with one attached hydrogen (secondary N) is 1. The molecule has 2 atom stereocenters. The number of likely N-dealkylation sites (tertiary alicyclic amines) is 1. The Hall–Kier alpha value is -3.00. The number of hydrogen-bond donors (Lipinski definition) is 1. The number of piperidine rings is 1. The highest BCUT2D eigenvalue weighted by molar-refractivity contribution is 5.87. The van der Waals surface area contributed by atoms with Crippen molar-refractivity contribution in [2.45, 2.75) is 78.6 Å². The summed E-state index contributed by atoms with van der Waals surface area (Å²) in [6, 6.07) is 7.53.